The van der Waals surface area contributed by atoms with E-state index >= 15 is 0 Å². The zero-order chi connectivity index (χ0) is 11.5. The Labute approximate surface area is 104 Å². The van der Waals surface area contributed by atoms with Crippen LogP contribution >= 0.6 is 22.9 Å². The van der Waals surface area contributed by atoms with Gasteiger partial charge in [0.25, 0.3) is 0 Å². The molecule has 1 atom stereocenters. The Morgan fingerprint density at radius 1 is 1.56 bits per heavy atom. The second-order valence-corrected chi connectivity index (χ2v) is 5.59. The Morgan fingerprint density at radius 2 is 2.25 bits per heavy atom. The number of halogens is 1. The lowest BCUT2D eigenvalue weighted by Gasteiger charge is -2.19. The molecule has 0 spiro atoms. The first kappa shape index (κ1) is 11.7. The highest BCUT2D eigenvalue weighted by Crippen LogP contribution is 2.31. The summed E-state index contributed by atoms with van der Waals surface area (Å²) in [6.07, 6.45) is 5.24. The van der Waals surface area contributed by atoms with Gasteiger partial charge in [0.05, 0.1) is 0 Å². The number of nitrogens with zero attached hydrogens (tertiary/aromatic N) is 2. The van der Waals surface area contributed by atoms with Crippen LogP contribution < -0.4 is 5.32 Å². The van der Waals surface area contributed by atoms with Gasteiger partial charge in [-0.1, -0.05) is 35.8 Å². The van der Waals surface area contributed by atoms with E-state index in [1.54, 1.807) is 0 Å². The van der Waals surface area contributed by atoms with Crippen molar-refractivity contribution in [2.24, 2.45) is 5.92 Å². The Morgan fingerprint density at radius 3 is 2.81 bits per heavy atom. The van der Waals surface area contributed by atoms with Crippen LogP contribution in [-0.2, 0) is 0 Å². The van der Waals surface area contributed by atoms with Gasteiger partial charge in [-0.25, -0.2) is 4.98 Å². The SMILES string of the molecule is CC(Nc1nc(Cl)c(C#N)s1)C1CCCC1. The van der Waals surface area contributed by atoms with E-state index < -0.39 is 0 Å². The van der Waals surface area contributed by atoms with Gasteiger partial charge in [0.15, 0.2) is 10.3 Å². The summed E-state index contributed by atoms with van der Waals surface area (Å²) < 4.78 is 0. The van der Waals surface area contributed by atoms with Gasteiger partial charge in [-0.05, 0) is 25.7 Å². The number of hydrogen-bond donors (Lipinski definition) is 1. The molecule has 1 aromatic heterocycles. The number of anilines is 1. The standard InChI is InChI=1S/C11H14ClN3S/c1-7(8-4-2-3-5-8)14-11-15-10(12)9(6-13)16-11/h7-8H,2-5H2,1H3,(H,14,15). The highest BCUT2D eigenvalue weighted by atomic mass is 35.5. The minimum Gasteiger partial charge on any atom is -0.359 e. The quantitative estimate of drug-likeness (QED) is 0.897. The van der Waals surface area contributed by atoms with Crippen molar-refractivity contribution in [3.8, 4) is 6.07 Å². The third-order valence-corrected chi connectivity index (χ3v) is 4.42. The molecule has 3 nitrogen and oxygen atoms in total. The Kier molecular flexibility index (Phi) is 3.67. The van der Waals surface area contributed by atoms with Crippen molar-refractivity contribution < 1.29 is 0 Å². The normalized spacial score (nSPS) is 18.3. The van der Waals surface area contributed by atoms with Gasteiger partial charge in [-0.2, -0.15) is 5.26 Å². The maximum absolute atomic E-state index is 8.79. The molecule has 1 heterocycles. The number of nitriles is 1. The molecule has 2 rings (SSSR count). The zero-order valence-corrected chi connectivity index (χ0v) is 10.7. The lowest BCUT2D eigenvalue weighted by atomic mass is 10.0. The van der Waals surface area contributed by atoms with E-state index in [2.05, 4.69) is 17.2 Å². The van der Waals surface area contributed by atoms with Gasteiger partial charge in [-0.15, -0.1) is 0 Å². The largest absolute Gasteiger partial charge is 0.359 e. The topological polar surface area (TPSA) is 48.7 Å². The first-order valence-corrected chi connectivity index (χ1v) is 6.73. The summed E-state index contributed by atoms with van der Waals surface area (Å²) in [4.78, 5) is 4.63. The smallest absolute Gasteiger partial charge is 0.185 e. The molecule has 16 heavy (non-hydrogen) atoms. The van der Waals surface area contributed by atoms with Crippen LogP contribution in [0.1, 0.15) is 37.5 Å². The zero-order valence-electron chi connectivity index (χ0n) is 9.16. The summed E-state index contributed by atoms with van der Waals surface area (Å²) in [5, 5.41) is 13.2. The van der Waals surface area contributed by atoms with E-state index in [-0.39, 0.29) is 0 Å². The summed E-state index contributed by atoms with van der Waals surface area (Å²) in [6, 6.07) is 2.46. The maximum atomic E-state index is 8.79. The second-order valence-electron chi connectivity index (χ2n) is 4.23. The Hall–Kier alpha value is -0.790. The predicted octanol–water partition coefficient (Wildman–Crippen LogP) is 3.66. The molecular formula is C11H14ClN3S. The maximum Gasteiger partial charge on any atom is 0.185 e. The van der Waals surface area contributed by atoms with Crippen molar-refractivity contribution in [3.63, 3.8) is 0 Å². The van der Waals surface area contributed by atoms with E-state index in [1.807, 2.05) is 6.07 Å². The number of aromatic nitrogens is 1. The van der Waals surface area contributed by atoms with Gasteiger partial charge in [0.1, 0.15) is 10.9 Å². The molecule has 0 aromatic carbocycles. The van der Waals surface area contributed by atoms with Crippen molar-refractivity contribution >= 4 is 28.1 Å². The minimum atomic E-state index is 0.314. The van der Waals surface area contributed by atoms with Gasteiger partial charge < -0.3 is 5.32 Å². The van der Waals surface area contributed by atoms with Crippen LogP contribution in [0.4, 0.5) is 5.13 Å². The van der Waals surface area contributed by atoms with Crippen LogP contribution in [0.15, 0.2) is 0 Å². The van der Waals surface area contributed by atoms with Crippen molar-refractivity contribution in [2.45, 2.75) is 38.6 Å². The van der Waals surface area contributed by atoms with Crippen molar-refractivity contribution in [1.82, 2.24) is 4.98 Å². The van der Waals surface area contributed by atoms with Crippen LogP contribution in [0, 0.1) is 17.2 Å². The molecule has 0 amide bonds. The summed E-state index contributed by atoms with van der Waals surface area (Å²) in [5.41, 5.74) is 0. The molecule has 0 saturated heterocycles. The molecule has 1 saturated carbocycles. The molecule has 0 aliphatic heterocycles. The van der Waals surface area contributed by atoms with Crippen molar-refractivity contribution in [3.05, 3.63) is 10.0 Å². The molecule has 1 fully saturated rings. The van der Waals surface area contributed by atoms with Crippen LogP contribution in [0.5, 0.6) is 0 Å². The number of nitrogens with one attached hydrogen (secondary N) is 1. The van der Waals surface area contributed by atoms with E-state index in [1.165, 1.54) is 37.0 Å². The third kappa shape index (κ3) is 2.47. The molecule has 1 aromatic rings. The van der Waals surface area contributed by atoms with Crippen molar-refractivity contribution in [2.75, 3.05) is 5.32 Å². The number of rotatable bonds is 3. The van der Waals surface area contributed by atoms with Crippen LogP contribution in [0.25, 0.3) is 0 Å². The highest BCUT2D eigenvalue weighted by Gasteiger charge is 2.22. The summed E-state index contributed by atoms with van der Waals surface area (Å²) in [5.74, 6) is 0.730. The first-order chi connectivity index (χ1) is 7.70. The first-order valence-electron chi connectivity index (χ1n) is 5.53. The summed E-state index contributed by atoms with van der Waals surface area (Å²) in [6.45, 7) is 2.18. The highest BCUT2D eigenvalue weighted by molar-refractivity contribution is 7.16. The molecule has 1 unspecified atom stereocenters. The lowest BCUT2D eigenvalue weighted by molar-refractivity contribution is 0.482. The molecule has 86 valence electrons. The van der Waals surface area contributed by atoms with Gasteiger partial charge >= 0.3 is 0 Å². The minimum absolute atomic E-state index is 0.314. The number of hydrogen-bond acceptors (Lipinski definition) is 4. The van der Waals surface area contributed by atoms with Crippen LogP contribution in [0.3, 0.4) is 0 Å². The summed E-state index contributed by atoms with van der Waals surface area (Å²) in [7, 11) is 0. The molecule has 5 heteroatoms. The fraction of sp³-hybridized carbons (Fsp3) is 0.636. The molecule has 0 bridgehead atoms. The lowest BCUT2D eigenvalue weighted by Crippen LogP contribution is -2.23. The van der Waals surface area contributed by atoms with Gasteiger partial charge in [-0.3, -0.25) is 0 Å². The van der Waals surface area contributed by atoms with Crippen LogP contribution in [-0.4, -0.2) is 11.0 Å². The van der Waals surface area contributed by atoms with E-state index in [0.29, 0.717) is 16.1 Å². The Balaban J connectivity index is 2.00. The fourth-order valence-corrected chi connectivity index (χ4v) is 3.25. The third-order valence-electron chi connectivity index (χ3n) is 3.15. The van der Waals surface area contributed by atoms with Gasteiger partial charge in [0, 0.05) is 6.04 Å². The average Bonchev–Trinajstić information content (AvgIpc) is 2.87. The van der Waals surface area contributed by atoms with E-state index in [9.17, 15) is 0 Å². The average molecular weight is 256 g/mol. The summed E-state index contributed by atoms with van der Waals surface area (Å²) >= 11 is 7.16. The monoisotopic (exact) mass is 255 g/mol. The number of thiazole rings is 1. The fourth-order valence-electron chi connectivity index (χ4n) is 2.20. The van der Waals surface area contributed by atoms with E-state index in [0.717, 1.165) is 11.0 Å². The van der Waals surface area contributed by atoms with E-state index in [4.69, 9.17) is 16.9 Å². The molecule has 1 aliphatic rings. The molecule has 0 radical (unpaired) electrons. The van der Waals surface area contributed by atoms with Crippen molar-refractivity contribution in [1.29, 1.82) is 5.26 Å². The molecule has 1 N–H and O–H groups in total. The molecular weight excluding hydrogens is 242 g/mol. The predicted molar refractivity (Wildman–Crippen MR) is 66.9 cm³/mol. The second kappa shape index (κ2) is 5.03. The van der Waals surface area contributed by atoms with Gasteiger partial charge in [0.2, 0.25) is 0 Å². The van der Waals surface area contributed by atoms with Crippen LogP contribution in [0.2, 0.25) is 5.15 Å². The Bertz CT molecular complexity index is 404. The molecule has 1 aliphatic carbocycles.